The van der Waals surface area contributed by atoms with E-state index in [0.29, 0.717) is 29.3 Å². The van der Waals surface area contributed by atoms with Gasteiger partial charge in [0.05, 0.1) is 11.6 Å². The van der Waals surface area contributed by atoms with Gasteiger partial charge in [0.1, 0.15) is 11.4 Å². The fourth-order valence-corrected chi connectivity index (χ4v) is 5.22. The first-order valence-corrected chi connectivity index (χ1v) is 12.7. The van der Waals surface area contributed by atoms with Crippen molar-refractivity contribution in [1.29, 1.82) is 0 Å². The Labute approximate surface area is 222 Å². The Balaban J connectivity index is 1.44. The number of carbonyl (C=O) groups is 3. The molecule has 1 heterocycles. The molecule has 1 saturated heterocycles. The fourth-order valence-electron chi connectivity index (χ4n) is 4.88. The Morgan fingerprint density at radius 2 is 1.66 bits per heavy atom. The molecule has 2 aromatic carbocycles. The van der Waals surface area contributed by atoms with E-state index in [4.69, 9.17) is 11.6 Å². The number of benzene rings is 2. The number of hydrogen-bond donors (Lipinski definition) is 2. The van der Waals surface area contributed by atoms with Crippen LogP contribution in [0.4, 0.5) is 17.6 Å². The highest BCUT2D eigenvalue weighted by Crippen LogP contribution is 2.38. The maximum Gasteiger partial charge on any atom is 0.416 e. The summed E-state index contributed by atoms with van der Waals surface area (Å²) >= 11 is 6.47. The van der Waals surface area contributed by atoms with Gasteiger partial charge in [-0.25, -0.2) is 4.39 Å². The number of halogens is 5. The van der Waals surface area contributed by atoms with Gasteiger partial charge >= 0.3 is 6.18 Å². The van der Waals surface area contributed by atoms with Crippen molar-refractivity contribution in [3.05, 3.63) is 69.5 Å². The van der Waals surface area contributed by atoms with Crippen molar-refractivity contribution in [2.75, 3.05) is 0 Å². The average Bonchev–Trinajstić information content (AvgIpc) is 3.54. The Kier molecular flexibility index (Phi) is 7.49. The van der Waals surface area contributed by atoms with Gasteiger partial charge in [-0.2, -0.15) is 13.2 Å². The third kappa shape index (κ3) is 5.65. The minimum atomic E-state index is -4.83. The van der Waals surface area contributed by atoms with Crippen LogP contribution in [0.25, 0.3) is 0 Å². The molecule has 2 N–H and O–H groups in total. The third-order valence-corrected chi connectivity index (χ3v) is 7.60. The van der Waals surface area contributed by atoms with Gasteiger partial charge in [-0.05, 0) is 82.3 Å². The number of nitrogens with zero attached hydrogens (tertiary/aromatic N) is 1. The first kappa shape index (κ1) is 27.9. The summed E-state index contributed by atoms with van der Waals surface area (Å²) in [5.41, 5.74) is -2.15. The molecule has 38 heavy (non-hydrogen) atoms. The van der Waals surface area contributed by atoms with E-state index in [1.807, 2.05) is 18.7 Å². The molecule has 204 valence electrons. The molecule has 0 radical (unpaired) electrons. The van der Waals surface area contributed by atoms with E-state index >= 15 is 0 Å². The lowest BCUT2D eigenvalue weighted by molar-refractivity contribution is -0.137. The van der Waals surface area contributed by atoms with Crippen molar-refractivity contribution < 1.29 is 31.9 Å². The maximum atomic E-state index is 13.7. The van der Waals surface area contributed by atoms with Crippen LogP contribution in [0.2, 0.25) is 5.02 Å². The molecule has 2 aromatic rings. The molecule has 3 amide bonds. The molecule has 0 unspecified atom stereocenters. The predicted molar refractivity (Wildman–Crippen MR) is 133 cm³/mol. The second-order valence-corrected chi connectivity index (χ2v) is 10.6. The smallest absolute Gasteiger partial charge is 0.347 e. The van der Waals surface area contributed by atoms with E-state index < -0.39 is 46.5 Å². The van der Waals surface area contributed by atoms with Gasteiger partial charge in [0.15, 0.2) is 0 Å². The molecule has 0 aromatic heterocycles. The summed E-state index contributed by atoms with van der Waals surface area (Å²) in [6.45, 7) is 5.70. The molecule has 6 nitrogen and oxygen atoms in total. The summed E-state index contributed by atoms with van der Waals surface area (Å²) in [7, 11) is 0. The summed E-state index contributed by atoms with van der Waals surface area (Å²) in [6.07, 6.45) is -2.42. The zero-order valence-electron chi connectivity index (χ0n) is 21.1. The lowest BCUT2D eigenvalue weighted by Gasteiger charge is -2.27. The van der Waals surface area contributed by atoms with Gasteiger partial charge in [-0.1, -0.05) is 17.7 Å². The molecule has 11 heteroatoms. The summed E-state index contributed by atoms with van der Waals surface area (Å²) in [4.78, 5) is 40.5. The molecule has 3 atom stereocenters. The zero-order valence-corrected chi connectivity index (χ0v) is 21.8. The highest BCUT2D eigenvalue weighted by molar-refractivity contribution is 6.31. The largest absolute Gasteiger partial charge is 0.416 e. The van der Waals surface area contributed by atoms with Crippen LogP contribution >= 0.6 is 11.6 Å². The van der Waals surface area contributed by atoms with Crippen LogP contribution in [0.15, 0.2) is 36.4 Å². The van der Waals surface area contributed by atoms with Crippen LogP contribution in [-0.4, -0.2) is 40.2 Å². The molecule has 2 aliphatic rings. The topological polar surface area (TPSA) is 78.5 Å². The number of carbonyl (C=O) groups excluding carboxylic acids is 3. The van der Waals surface area contributed by atoms with Crippen molar-refractivity contribution in [1.82, 2.24) is 15.5 Å². The quantitative estimate of drug-likeness (QED) is 0.454. The Bertz CT molecular complexity index is 1270. The SMILES string of the molecule is C[C@@H](NC(=O)C1(NC(=O)c2cc(F)cc(C(F)(F)F)c2)CC1)c1ccc(C(=O)N2[C@@H](C)CC[C@@H]2C)cc1Cl. The number of nitrogens with one attached hydrogen (secondary N) is 2. The van der Waals surface area contributed by atoms with E-state index in [-0.39, 0.29) is 35.9 Å². The second kappa shape index (κ2) is 10.2. The van der Waals surface area contributed by atoms with E-state index in [9.17, 15) is 31.9 Å². The lowest BCUT2D eigenvalue weighted by Crippen LogP contribution is -2.49. The Morgan fingerprint density at radius 3 is 2.21 bits per heavy atom. The molecule has 1 saturated carbocycles. The van der Waals surface area contributed by atoms with Crippen molar-refractivity contribution >= 4 is 29.3 Å². The monoisotopic (exact) mass is 553 g/mol. The first-order chi connectivity index (χ1) is 17.7. The molecule has 2 fully saturated rings. The number of amides is 3. The van der Waals surface area contributed by atoms with Crippen LogP contribution < -0.4 is 10.6 Å². The highest BCUT2D eigenvalue weighted by Gasteiger charge is 2.51. The first-order valence-electron chi connectivity index (χ1n) is 12.4. The van der Waals surface area contributed by atoms with E-state index in [0.717, 1.165) is 12.8 Å². The van der Waals surface area contributed by atoms with E-state index in [1.54, 1.807) is 25.1 Å². The van der Waals surface area contributed by atoms with Crippen molar-refractivity contribution in [3.8, 4) is 0 Å². The van der Waals surface area contributed by atoms with Gasteiger partial charge in [-0.3, -0.25) is 14.4 Å². The summed E-state index contributed by atoms with van der Waals surface area (Å²) in [6, 6.07) is 6.08. The maximum absolute atomic E-state index is 13.7. The highest BCUT2D eigenvalue weighted by atomic mass is 35.5. The van der Waals surface area contributed by atoms with E-state index in [2.05, 4.69) is 10.6 Å². The minimum Gasteiger partial charge on any atom is -0.347 e. The lowest BCUT2D eigenvalue weighted by atomic mass is 10.0. The van der Waals surface area contributed by atoms with Crippen LogP contribution in [-0.2, 0) is 11.0 Å². The molecule has 0 bridgehead atoms. The number of hydrogen-bond acceptors (Lipinski definition) is 3. The van der Waals surface area contributed by atoms with E-state index in [1.165, 1.54) is 0 Å². The van der Waals surface area contributed by atoms with Gasteiger partial charge in [0.2, 0.25) is 5.91 Å². The molecule has 1 aliphatic heterocycles. The second-order valence-electron chi connectivity index (χ2n) is 10.2. The molecular weight excluding hydrogens is 526 g/mol. The minimum absolute atomic E-state index is 0.113. The summed E-state index contributed by atoms with van der Waals surface area (Å²) < 4.78 is 52.8. The van der Waals surface area contributed by atoms with Gasteiger partial charge < -0.3 is 15.5 Å². The number of alkyl halides is 3. The van der Waals surface area contributed by atoms with Crippen LogP contribution in [0, 0.1) is 5.82 Å². The predicted octanol–water partition coefficient (Wildman–Crippen LogP) is 5.65. The normalized spacial score (nSPS) is 21.1. The molecular formula is C27H28ClF4N3O3. The molecule has 4 rings (SSSR count). The number of rotatable bonds is 6. The standard InChI is InChI=1S/C27H28ClF4N3O3/c1-14-4-5-15(2)35(14)24(37)17-6-7-21(22(28)12-17)16(3)33-25(38)26(8-9-26)34-23(36)18-10-19(27(30,31)32)13-20(29)11-18/h6-7,10-16H,4-5,8-9H2,1-3H3,(H,33,38)(H,34,36)/t14-,15-,16+/m0/s1. The summed E-state index contributed by atoms with van der Waals surface area (Å²) in [5.74, 6) is -2.85. The Morgan fingerprint density at radius 1 is 1.03 bits per heavy atom. The molecule has 1 aliphatic carbocycles. The van der Waals surface area contributed by atoms with Crippen molar-refractivity contribution in [2.24, 2.45) is 0 Å². The fraction of sp³-hybridized carbons (Fsp3) is 0.444. The molecule has 0 spiro atoms. The van der Waals surface area contributed by atoms with Gasteiger partial charge in [-0.15, -0.1) is 0 Å². The van der Waals surface area contributed by atoms with Gasteiger partial charge in [0, 0.05) is 28.2 Å². The van der Waals surface area contributed by atoms with Crippen molar-refractivity contribution in [3.63, 3.8) is 0 Å². The zero-order chi connectivity index (χ0) is 28.0. The van der Waals surface area contributed by atoms with Crippen LogP contribution in [0.5, 0.6) is 0 Å². The van der Waals surface area contributed by atoms with Crippen LogP contribution in [0.1, 0.15) is 84.3 Å². The third-order valence-electron chi connectivity index (χ3n) is 7.27. The van der Waals surface area contributed by atoms with Crippen molar-refractivity contribution in [2.45, 2.75) is 76.3 Å². The number of likely N-dealkylation sites (tertiary alicyclic amines) is 1. The van der Waals surface area contributed by atoms with Crippen LogP contribution in [0.3, 0.4) is 0 Å². The Hall–Kier alpha value is -3.14. The summed E-state index contributed by atoms with van der Waals surface area (Å²) in [5, 5.41) is 5.52. The average molecular weight is 554 g/mol. The van der Waals surface area contributed by atoms with Gasteiger partial charge in [0.25, 0.3) is 11.8 Å².